The zero-order valence-corrected chi connectivity index (χ0v) is 22.7. The Morgan fingerprint density at radius 2 is 1.49 bits per heavy atom. The number of anilines is 2. The minimum atomic E-state index is -0.383. The Bertz CT molecular complexity index is 1320. The molecule has 1 aliphatic rings. The van der Waals surface area contributed by atoms with Gasteiger partial charge in [0.05, 0.1) is 0 Å². The van der Waals surface area contributed by atoms with Gasteiger partial charge in [-0.05, 0) is 84.5 Å². The van der Waals surface area contributed by atoms with Crippen molar-refractivity contribution in [3.8, 4) is 0 Å². The Morgan fingerprint density at radius 1 is 0.838 bits per heavy atom. The number of nitrogens with one attached hydrogen (secondary N) is 2. The number of hydrogen-bond donors (Lipinski definition) is 2. The second-order valence-electron chi connectivity index (χ2n) is 8.28. The average molecular weight is 574 g/mol. The summed E-state index contributed by atoms with van der Waals surface area (Å²) < 4.78 is 0. The number of benzene rings is 3. The zero-order valence-electron chi connectivity index (χ0n) is 19.6. The van der Waals surface area contributed by atoms with Gasteiger partial charge in [0.25, 0.3) is 5.91 Å². The molecule has 1 saturated heterocycles. The van der Waals surface area contributed by atoms with Crippen LogP contribution in [0.25, 0.3) is 6.08 Å². The van der Waals surface area contributed by atoms with E-state index in [9.17, 15) is 9.59 Å². The van der Waals surface area contributed by atoms with Crippen molar-refractivity contribution in [3.63, 3.8) is 0 Å². The molecule has 6 nitrogen and oxygen atoms in total. The van der Waals surface area contributed by atoms with Crippen molar-refractivity contribution in [1.82, 2.24) is 10.2 Å². The molecule has 0 aromatic heterocycles. The molecule has 3 aromatic carbocycles. The maximum Gasteiger partial charge on any atom is 0.253 e. The molecule has 0 spiro atoms. The first-order chi connectivity index (χ1) is 17.8. The van der Waals surface area contributed by atoms with E-state index in [0.717, 1.165) is 24.5 Å². The monoisotopic (exact) mass is 572 g/mol. The van der Waals surface area contributed by atoms with Crippen LogP contribution < -0.4 is 15.5 Å². The van der Waals surface area contributed by atoms with Gasteiger partial charge in [0.2, 0.25) is 5.91 Å². The van der Waals surface area contributed by atoms with Crippen molar-refractivity contribution < 1.29 is 9.59 Å². The summed E-state index contributed by atoms with van der Waals surface area (Å²) in [6.45, 7) is 2.72. The number of piperazine rings is 1. The molecule has 10 heteroatoms. The Labute approximate surface area is 235 Å². The molecule has 2 amide bonds. The molecule has 1 fully saturated rings. The molecular formula is C27H23Cl3N4O2S. The van der Waals surface area contributed by atoms with Gasteiger partial charge in [-0.2, -0.15) is 0 Å². The van der Waals surface area contributed by atoms with Crippen LogP contribution in [0.2, 0.25) is 15.1 Å². The van der Waals surface area contributed by atoms with Crippen LogP contribution in [0.15, 0.2) is 72.8 Å². The van der Waals surface area contributed by atoms with Gasteiger partial charge in [-0.3, -0.25) is 14.9 Å². The number of nitrogens with zero attached hydrogens (tertiary/aromatic N) is 2. The van der Waals surface area contributed by atoms with E-state index < -0.39 is 0 Å². The van der Waals surface area contributed by atoms with E-state index >= 15 is 0 Å². The molecule has 0 bridgehead atoms. The third kappa shape index (κ3) is 7.46. The van der Waals surface area contributed by atoms with Crippen LogP contribution in [0.3, 0.4) is 0 Å². The van der Waals surface area contributed by atoms with Crippen LogP contribution in [0.4, 0.5) is 11.4 Å². The first-order valence-corrected chi connectivity index (χ1v) is 13.0. The minimum Gasteiger partial charge on any atom is -0.368 e. The number of carbonyl (C=O) groups is 2. The fraction of sp³-hybridized carbons (Fsp3) is 0.148. The van der Waals surface area contributed by atoms with Crippen molar-refractivity contribution >= 4 is 81.4 Å². The highest BCUT2D eigenvalue weighted by Crippen LogP contribution is 2.22. The summed E-state index contributed by atoms with van der Waals surface area (Å²) in [5.74, 6) is -0.372. The number of carbonyl (C=O) groups excluding carboxylic acids is 2. The largest absolute Gasteiger partial charge is 0.368 e. The Kier molecular flexibility index (Phi) is 9.05. The second kappa shape index (κ2) is 12.4. The SMILES string of the molecule is O=C(C=Cc1ccc(Cl)cc1Cl)NC(=S)Nc1ccc(N2CCN(C(=O)c3ccc(Cl)cc3)CC2)cc1. The molecule has 1 aliphatic heterocycles. The van der Waals surface area contributed by atoms with E-state index in [-0.39, 0.29) is 16.9 Å². The number of hydrogen-bond acceptors (Lipinski definition) is 4. The van der Waals surface area contributed by atoms with Crippen LogP contribution in [0.5, 0.6) is 0 Å². The molecule has 0 unspecified atom stereocenters. The van der Waals surface area contributed by atoms with Crippen molar-refractivity contribution in [3.05, 3.63) is 99.0 Å². The summed E-state index contributed by atoms with van der Waals surface area (Å²) in [5, 5.41) is 7.38. The summed E-state index contributed by atoms with van der Waals surface area (Å²) >= 11 is 23.2. The quantitative estimate of drug-likeness (QED) is 0.284. The summed E-state index contributed by atoms with van der Waals surface area (Å²) in [4.78, 5) is 29.0. The lowest BCUT2D eigenvalue weighted by atomic mass is 10.1. The molecule has 0 atom stereocenters. The molecule has 190 valence electrons. The maximum atomic E-state index is 12.7. The number of halogens is 3. The number of rotatable bonds is 5. The van der Waals surface area contributed by atoms with Crippen LogP contribution >= 0.6 is 47.0 Å². The molecule has 0 radical (unpaired) electrons. The molecule has 3 aromatic rings. The summed E-state index contributed by atoms with van der Waals surface area (Å²) in [6, 6.07) is 19.7. The van der Waals surface area contributed by atoms with Crippen molar-refractivity contribution in [1.29, 1.82) is 0 Å². The minimum absolute atomic E-state index is 0.0116. The van der Waals surface area contributed by atoms with Crippen molar-refractivity contribution in [2.24, 2.45) is 0 Å². The first-order valence-electron chi connectivity index (χ1n) is 11.4. The topological polar surface area (TPSA) is 64.7 Å². The highest BCUT2D eigenvalue weighted by atomic mass is 35.5. The van der Waals surface area contributed by atoms with Gasteiger partial charge in [-0.1, -0.05) is 40.9 Å². The van der Waals surface area contributed by atoms with Crippen molar-refractivity contribution in [2.75, 3.05) is 36.4 Å². The van der Waals surface area contributed by atoms with Gasteiger partial charge in [0.1, 0.15) is 0 Å². The smallest absolute Gasteiger partial charge is 0.253 e. The van der Waals surface area contributed by atoms with Crippen LogP contribution in [0.1, 0.15) is 15.9 Å². The Balaban J connectivity index is 1.25. The predicted octanol–water partition coefficient (Wildman–Crippen LogP) is 6.14. The standard InChI is InChI=1S/C27H23Cl3N4O2S/c28-20-5-2-19(3-6-20)26(36)34-15-13-33(14-16-34)23-10-8-22(9-11-23)31-27(37)32-25(35)12-4-18-1-7-21(29)17-24(18)30/h1-12,17H,13-16H2,(H2,31,32,35,37). The molecule has 0 saturated carbocycles. The fourth-order valence-electron chi connectivity index (χ4n) is 3.82. The highest BCUT2D eigenvalue weighted by Gasteiger charge is 2.22. The second-order valence-corrected chi connectivity index (χ2v) is 9.96. The summed E-state index contributed by atoms with van der Waals surface area (Å²) in [6.07, 6.45) is 2.94. The van der Waals surface area contributed by atoms with E-state index in [1.807, 2.05) is 29.2 Å². The third-order valence-electron chi connectivity index (χ3n) is 5.76. The predicted molar refractivity (Wildman–Crippen MR) is 156 cm³/mol. The highest BCUT2D eigenvalue weighted by molar-refractivity contribution is 7.80. The van der Waals surface area contributed by atoms with Gasteiger partial charge in [0.15, 0.2) is 5.11 Å². The van der Waals surface area contributed by atoms with Gasteiger partial charge in [-0.15, -0.1) is 0 Å². The lowest BCUT2D eigenvalue weighted by molar-refractivity contribution is -0.115. The first kappa shape index (κ1) is 26.9. The van der Waals surface area contributed by atoms with E-state index in [1.54, 1.807) is 48.5 Å². The van der Waals surface area contributed by atoms with Crippen LogP contribution in [0, 0.1) is 0 Å². The molecule has 4 rings (SSSR count). The van der Waals surface area contributed by atoms with Gasteiger partial charge in [-0.25, -0.2) is 0 Å². The van der Waals surface area contributed by atoms with Gasteiger partial charge in [0, 0.05) is 64.3 Å². The van der Waals surface area contributed by atoms with Crippen LogP contribution in [-0.4, -0.2) is 48.0 Å². The van der Waals surface area contributed by atoms with E-state index in [2.05, 4.69) is 15.5 Å². The van der Waals surface area contributed by atoms with E-state index in [0.29, 0.717) is 39.3 Å². The lowest BCUT2D eigenvalue weighted by Gasteiger charge is -2.36. The zero-order chi connectivity index (χ0) is 26.4. The van der Waals surface area contributed by atoms with E-state index in [4.69, 9.17) is 47.0 Å². The molecule has 2 N–H and O–H groups in total. The normalized spacial score (nSPS) is 13.5. The van der Waals surface area contributed by atoms with Gasteiger partial charge < -0.3 is 15.1 Å². The lowest BCUT2D eigenvalue weighted by Crippen LogP contribution is -2.48. The number of amides is 2. The van der Waals surface area contributed by atoms with E-state index in [1.165, 1.54) is 6.08 Å². The van der Waals surface area contributed by atoms with Crippen molar-refractivity contribution in [2.45, 2.75) is 0 Å². The van der Waals surface area contributed by atoms with Gasteiger partial charge >= 0.3 is 0 Å². The third-order valence-corrected chi connectivity index (χ3v) is 6.78. The molecular weight excluding hydrogens is 551 g/mol. The Hall–Kier alpha value is -3.10. The molecule has 0 aliphatic carbocycles. The van der Waals surface area contributed by atoms with Crippen LogP contribution in [-0.2, 0) is 4.79 Å². The summed E-state index contributed by atoms with van der Waals surface area (Å²) in [7, 11) is 0. The Morgan fingerprint density at radius 3 is 2.14 bits per heavy atom. The average Bonchev–Trinajstić information content (AvgIpc) is 2.89. The number of thiocarbonyl (C=S) groups is 1. The molecule has 37 heavy (non-hydrogen) atoms. The fourth-order valence-corrected chi connectivity index (χ4v) is 4.63. The summed E-state index contributed by atoms with van der Waals surface area (Å²) in [5.41, 5.74) is 3.10. The maximum absolute atomic E-state index is 12.7. The molecule has 1 heterocycles.